The maximum atomic E-state index is 12.5. The number of hydrogen-bond donors (Lipinski definition) is 2. The summed E-state index contributed by atoms with van der Waals surface area (Å²) in [5.74, 6) is -0.0475. The first kappa shape index (κ1) is 23.2. The molecular formula is C24H25BrN2O3S. The fraction of sp³-hybridized carbons (Fsp3) is 0.208. The van der Waals surface area contributed by atoms with Crippen LogP contribution in [0.15, 0.2) is 88.2 Å². The van der Waals surface area contributed by atoms with Crippen LogP contribution in [0.2, 0.25) is 0 Å². The van der Waals surface area contributed by atoms with Crippen molar-refractivity contribution in [2.45, 2.75) is 37.2 Å². The smallest absolute Gasteiger partial charge is 0.240 e. The van der Waals surface area contributed by atoms with E-state index in [2.05, 4.69) is 26.0 Å². The minimum Gasteiger partial charge on any atom is -0.350 e. The third-order valence-corrected chi connectivity index (χ3v) is 6.82. The van der Waals surface area contributed by atoms with Crippen LogP contribution in [0.25, 0.3) is 0 Å². The Morgan fingerprint density at radius 3 is 2.32 bits per heavy atom. The Labute approximate surface area is 192 Å². The minimum atomic E-state index is -3.59. The van der Waals surface area contributed by atoms with Crippen molar-refractivity contribution in [3.05, 3.63) is 100 Å². The second kappa shape index (κ2) is 10.7. The maximum Gasteiger partial charge on any atom is 0.240 e. The molecule has 0 aliphatic rings. The van der Waals surface area contributed by atoms with E-state index in [1.165, 1.54) is 0 Å². The molecule has 1 amide bonds. The highest BCUT2D eigenvalue weighted by Gasteiger charge is 2.14. The van der Waals surface area contributed by atoms with Gasteiger partial charge in [0.25, 0.3) is 0 Å². The van der Waals surface area contributed by atoms with Gasteiger partial charge in [0.2, 0.25) is 15.9 Å². The summed E-state index contributed by atoms with van der Waals surface area (Å²) in [6.45, 7) is 2.18. The molecule has 0 unspecified atom stereocenters. The molecule has 3 aromatic rings. The first-order valence-corrected chi connectivity index (χ1v) is 12.3. The SMILES string of the molecule is C[C@@H](NC(=O)CCc1ccc(S(=O)(=O)NCc2ccccc2)cc1)c1cccc(Br)c1. The Morgan fingerprint density at radius 2 is 1.65 bits per heavy atom. The number of sulfonamides is 1. The van der Waals surface area contributed by atoms with Crippen LogP contribution >= 0.6 is 15.9 Å². The summed E-state index contributed by atoms with van der Waals surface area (Å²) in [5.41, 5.74) is 2.83. The number of rotatable bonds is 9. The molecule has 2 N–H and O–H groups in total. The molecule has 0 aliphatic carbocycles. The lowest BCUT2D eigenvalue weighted by molar-refractivity contribution is -0.121. The van der Waals surface area contributed by atoms with Gasteiger partial charge in [-0.15, -0.1) is 0 Å². The van der Waals surface area contributed by atoms with Crippen molar-refractivity contribution in [3.63, 3.8) is 0 Å². The molecule has 0 spiro atoms. The second-order valence-corrected chi connectivity index (χ2v) is 9.98. The lowest BCUT2D eigenvalue weighted by Gasteiger charge is -2.15. The van der Waals surface area contributed by atoms with Gasteiger partial charge in [-0.1, -0.05) is 70.5 Å². The second-order valence-electron chi connectivity index (χ2n) is 7.30. The number of aryl methyl sites for hydroxylation is 1. The number of benzene rings is 3. The Bertz CT molecular complexity index is 1120. The fourth-order valence-electron chi connectivity index (χ4n) is 3.12. The molecule has 7 heteroatoms. The normalized spacial score (nSPS) is 12.3. The van der Waals surface area contributed by atoms with E-state index in [4.69, 9.17) is 0 Å². The first-order valence-electron chi connectivity index (χ1n) is 10.0. The number of halogens is 1. The van der Waals surface area contributed by atoms with Gasteiger partial charge in [-0.3, -0.25) is 4.79 Å². The maximum absolute atomic E-state index is 12.5. The quantitative estimate of drug-likeness (QED) is 0.445. The number of amides is 1. The van der Waals surface area contributed by atoms with Crippen molar-refractivity contribution in [2.75, 3.05) is 0 Å². The molecule has 0 aromatic heterocycles. The monoisotopic (exact) mass is 500 g/mol. The predicted octanol–water partition coefficient (Wildman–Crippen LogP) is 4.74. The van der Waals surface area contributed by atoms with Gasteiger partial charge in [-0.2, -0.15) is 0 Å². The van der Waals surface area contributed by atoms with Crippen molar-refractivity contribution >= 4 is 31.9 Å². The van der Waals surface area contributed by atoms with Crippen LogP contribution in [0.3, 0.4) is 0 Å². The first-order chi connectivity index (χ1) is 14.8. The minimum absolute atomic E-state index is 0.0475. The molecule has 3 aromatic carbocycles. The zero-order valence-corrected chi connectivity index (χ0v) is 19.6. The van der Waals surface area contributed by atoms with Gasteiger partial charge in [0.15, 0.2) is 0 Å². The summed E-state index contributed by atoms with van der Waals surface area (Å²) in [7, 11) is -3.59. The molecule has 0 saturated carbocycles. The van der Waals surface area contributed by atoms with E-state index in [9.17, 15) is 13.2 Å². The molecule has 31 heavy (non-hydrogen) atoms. The molecule has 3 rings (SSSR count). The lowest BCUT2D eigenvalue weighted by Crippen LogP contribution is -2.26. The molecular weight excluding hydrogens is 476 g/mol. The van der Waals surface area contributed by atoms with Gasteiger partial charge < -0.3 is 5.32 Å². The molecule has 0 heterocycles. The van der Waals surface area contributed by atoms with Gasteiger partial charge in [0.1, 0.15) is 0 Å². The molecule has 0 fully saturated rings. The van der Waals surface area contributed by atoms with Gasteiger partial charge in [-0.05, 0) is 54.3 Å². The van der Waals surface area contributed by atoms with Crippen LogP contribution in [0.1, 0.15) is 36.1 Å². The van der Waals surface area contributed by atoms with E-state index in [0.29, 0.717) is 12.8 Å². The van der Waals surface area contributed by atoms with Crippen LogP contribution in [-0.4, -0.2) is 14.3 Å². The number of hydrogen-bond acceptors (Lipinski definition) is 3. The highest BCUT2D eigenvalue weighted by molar-refractivity contribution is 9.10. The van der Waals surface area contributed by atoms with E-state index in [1.54, 1.807) is 24.3 Å². The Kier molecular flexibility index (Phi) is 8.01. The van der Waals surface area contributed by atoms with Crippen molar-refractivity contribution in [3.8, 4) is 0 Å². The third kappa shape index (κ3) is 7.02. The van der Waals surface area contributed by atoms with E-state index in [1.807, 2.05) is 61.5 Å². The molecule has 162 valence electrons. The zero-order valence-electron chi connectivity index (χ0n) is 17.2. The Hall–Kier alpha value is -2.48. The van der Waals surface area contributed by atoms with Gasteiger partial charge in [0.05, 0.1) is 10.9 Å². The topological polar surface area (TPSA) is 75.3 Å². The van der Waals surface area contributed by atoms with Crippen LogP contribution in [0.4, 0.5) is 0 Å². The molecule has 0 radical (unpaired) electrons. The third-order valence-electron chi connectivity index (χ3n) is 4.91. The summed E-state index contributed by atoms with van der Waals surface area (Å²) in [4.78, 5) is 12.5. The number of nitrogens with one attached hydrogen (secondary N) is 2. The van der Waals surface area contributed by atoms with Crippen LogP contribution in [-0.2, 0) is 27.8 Å². The lowest BCUT2D eigenvalue weighted by atomic mass is 10.1. The van der Waals surface area contributed by atoms with E-state index >= 15 is 0 Å². The summed E-state index contributed by atoms with van der Waals surface area (Å²) in [6.07, 6.45) is 0.867. The average Bonchev–Trinajstić information content (AvgIpc) is 2.77. The van der Waals surface area contributed by atoms with Crippen molar-refractivity contribution in [2.24, 2.45) is 0 Å². The van der Waals surface area contributed by atoms with Gasteiger partial charge in [-0.25, -0.2) is 13.1 Å². The van der Waals surface area contributed by atoms with Crippen molar-refractivity contribution in [1.82, 2.24) is 10.0 Å². The van der Waals surface area contributed by atoms with Crippen molar-refractivity contribution in [1.29, 1.82) is 0 Å². The molecule has 0 aliphatic heterocycles. The largest absolute Gasteiger partial charge is 0.350 e. The average molecular weight is 501 g/mol. The van der Waals surface area contributed by atoms with Gasteiger partial charge >= 0.3 is 0 Å². The Morgan fingerprint density at radius 1 is 0.935 bits per heavy atom. The summed E-state index contributed by atoms with van der Waals surface area (Å²) in [5, 5.41) is 3.00. The van der Waals surface area contributed by atoms with Gasteiger partial charge in [0, 0.05) is 17.4 Å². The van der Waals surface area contributed by atoms with Crippen molar-refractivity contribution < 1.29 is 13.2 Å². The summed E-state index contributed by atoms with van der Waals surface area (Å²) >= 11 is 3.44. The zero-order chi connectivity index (χ0) is 22.3. The van der Waals surface area contributed by atoms with E-state index in [-0.39, 0.29) is 23.4 Å². The van der Waals surface area contributed by atoms with Crippen LogP contribution in [0, 0.1) is 0 Å². The fourth-order valence-corrected chi connectivity index (χ4v) is 4.56. The predicted molar refractivity (Wildman–Crippen MR) is 126 cm³/mol. The van der Waals surface area contributed by atoms with Crippen LogP contribution in [0.5, 0.6) is 0 Å². The molecule has 0 bridgehead atoms. The Balaban J connectivity index is 1.51. The van der Waals surface area contributed by atoms with E-state index < -0.39 is 10.0 Å². The summed E-state index contributed by atoms with van der Waals surface area (Å²) < 4.78 is 28.5. The summed E-state index contributed by atoms with van der Waals surface area (Å²) in [6, 6.07) is 23.8. The van der Waals surface area contributed by atoms with E-state index in [0.717, 1.165) is 21.2 Å². The molecule has 0 saturated heterocycles. The molecule has 1 atom stereocenters. The number of carbonyl (C=O) groups is 1. The van der Waals surface area contributed by atoms with Crippen LogP contribution < -0.4 is 10.0 Å². The highest BCUT2D eigenvalue weighted by Crippen LogP contribution is 2.18. The standard InChI is InChI=1S/C24H25BrN2O3S/c1-18(21-8-5-9-22(25)16-21)27-24(28)15-12-19-10-13-23(14-11-19)31(29,30)26-17-20-6-3-2-4-7-20/h2-11,13-14,16,18,26H,12,15,17H2,1H3,(H,27,28)/t18-/m1/s1. The number of carbonyl (C=O) groups excluding carboxylic acids is 1. The molecule has 5 nitrogen and oxygen atoms in total. The highest BCUT2D eigenvalue weighted by atomic mass is 79.9.